The van der Waals surface area contributed by atoms with E-state index in [1.54, 1.807) is 6.07 Å². The highest BCUT2D eigenvalue weighted by Crippen LogP contribution is 2.38. The van der Waals surface area contributed by atoms with Crippen molar-refractivity contribution in [2.45, 2.75) is 43.0 Å². The number of nitrogens with one attached hydrogen (secondary N) is 1. The summed E-state index contributed by atoms with van der Waals surface area (Å²) in [7, 11) is -3.71. The van der Waals surface area contributed by atoms with Crippen molar-refractivity contribution >= 4 is 21.6 Å². The molecule has 2 aromatic rings. The highest BCUT2D eigenvalue weighted by molar-refractivity contribution is 7.89. The van der Waals surface area contributed by atoms with Crippen LogP contribution in [0.5, 0.6) is 5.75 Å². The monoisotopic (exact) mass is 389 g/mol. The van der Waals surface area contributed by atoms with Gasteiger partial charge in [0, 0.05) is 18.9 Å². The number of carbonyl (C=O) groups is 1. The third-order valence-electron chi connectivity index (χ3n) is 5.39. The smallest absolute Gasteiger partial charge is 0.262 e. The van der Waals surface area contributed by atoms with Gasteiger partial charge in [-0.3, -0.25) is 4.79 Å². The summed E-state index contributed by atoms with van der Waals surface area (Å²) < 4.78 is 38.7. The first kappa shape index (κ1) is 16.8. The van der Waals surface area contributed by atoms with E-state index in [0.717, 1.165) is 24.5 Å². The van der Waals surface area contributed by atoms with Crippen LogP contribution in [0.25, 0.3) is 0 Å². The van der Waals surface area contributed by atoms with Crippen molar-refractivity contribution < 1.29 is 22.4 Å². The zero-order chi connectivity index (χ0) is 18.6. The summed E-state index contributed by atoms with van der Waals surface area (Å²) in [6, 6.07) is 4.52. The number of ether oxygens (including phenoxy) is 1. The van der Waals surface area contributed by atoms with Gasteiger partial charge in [0.1, 0.15) is 11.5 Å². The third-order valence-corrected chi connectivity index (χ3v) is 7.23. The Balaban J connectivity index is 1.41. The molecule has 1 aromatic heterocycles. The lowest BCUT2D eigenvalue weighted by Crippen LogP contribution is -2.36. The molecule has 0 atom stereocenters. The minimum Gasteiger partial charge on any atom is -0.482 e. The lowest BCUT2D eigenvalue weighted by atomic mass is 9.85. The zero-order valence-corrected chi connectivity index (χ0v) is 15.4. The normalized spacial score (nSPS) is 20.2. The van der Waals surface area contributed by atoms with Gasteiger partial charge in [-0.2, -0.15) is 4.31 Å². The lowest BCUT2D eigenvalue weighted by Gasteiger charge is -2.25. The molecule has 2 aliphatic heterocycles. The first-order chi connectivity index (χ1) is 13.0. The first-order valence-corrected chi connectivity index (χ1v) is 10.5. The van der Waals surface area contributed by atoms with Gasteiger partial charge in [0.15, 0.2) is 12.5 Å². The van der Waals surface area contributed by atoms with Gasteiger partial charge < -0.3 is 14.5 Å². The van der Waals surface area contributed by atoms with E-state index >= 15 is 0 Å². The van der Waals surface area contributed by atoms with Crippen molar-refractivity contribution in [1.82, 2.24) is 9.29 Å². The van der Waals surface area contributed by atoms with E-state index < -0.39 is 10.0 Å². The molecule has 0 radical (unpaired) electrons. The van der Waals surface area contributed by atoms with Crippen molar-refractivity contribution in [2.24, 2.45) is 0 Å². The molecule has 1 N–H and O–H groups in total. The zero-order valence-electron chi connectivity index (χ0n) is 14.6. The second kappa shape index (κ2) is 6.07. The maximum Gasteiger partial charge on any atom is 0.262 e. The van der Waals surface area contributed by atoms with Crippen LogP contribution in [-0.4, -0.2) is 36.8 Å². The van der Waals surface area contributed by atoms with Crippen LogP contribution in [0.4, 0.5) is 5.69 Å². The molecule has 142 valence electrons. The SMILES string of the molecule is O=C1COc2ccc(S(=O)(=O)N3CCc4oc(C5CCC5)nc4C3)cc2N1. The summed E-state index contributed by atoms with van der Waals surface area (Å²) in [5.41, 5.74) is 1.08. The number of amides is 1. The van der Waals surface area contributed by atoms with E-state index in [9.17, 15) is 13.2 Å². The number of hydrogen-bond donors (Lipinski definition) is 1. The van der Waals surface area contributed by atoms with Crippen LogP contribution in [-0.2, 0) is 27.8 Å². The predicted octanol–water partition coefficient (Wildman–Crippen LogP) is 2.02. The van der Waals surface area contributed by atoms with Gasteiger partial charge in [-0.1, -0.05) is 6.42 Å². The largest absolute Gasteiger partial charge is 0.482 e. The average Bonchev–Trinajstić information content (AvgIpc) is 3.01. The molecule has 0 bridgehead atoms. The van der Waals surface area contributed by atoms with Crippen molar-refractivity contribution in [1.29, 1.82) is 0 Å². The van der Waals surface area contributed by atoms with Crippen LogP contribution >= 0.6 is 0 Å². The number of sulfonamides is 1. The maximum absolute atomic E-state index is 13.1. The predicted molar refractivity (Wildman–Crippen MR) is 95.0 cm³/mol. The molecule has 27 heavy (non-hydrogen) atoms. The molecule has 1 saturated carbocycles. The number of anilines is 1. The van der Waals surface area contributed by atoms with Crippen LogP contribution in [0, 0.1) is 0 Å². The van der Waals surface area contributed by atoms with Gasteiger partial charge in [0.05, 0.1) is 22.8 Å². The van der Waals surface area contributed by atoms with Gasteiger partial charge in [0.25, 0.3) is 5.91 Å². The van der Waals surface area contributed by atoms with Crippen LogP contribution in [0.15, 0.2) is 27.5 Å². The molecule has 5 rings (SSSR count). The van der Waals surface area contributed by atoms with Gasteiger partial charge in [-0.25, -0.2) is 13.4 Å². The second-order valence-corrected chi connectivity index (χ2v) is 9.07. The fraction of sp³-hybridized carbons (Fsp3) is 0.444. The fourth-order valence-electron chi connectivity index (χ4n) is 3.60. The fourth-order valence-corrected chi connectivity index (χ4v) is 5.03. The Kier molecular flexibility index (Phi) is 3.76. The quantitative estimate of drug-likeness (QED) is 0.862. The molecule has 3 aliphatic rings. The van der Waals surface area contributed by atoms with Crippen LogP contribution in [0.3, 0.4) is 0 Å². The van der Waals surface area contributed by atoms with E-state index in [2.05, 4.69) is 10.3 Å². The van der Waals surface area contributed by atoms with Gasteiger partial charge in [0.2, 0.25) is 10.0 Å². The van der Waals surface area contributed by atoms with E-state index in [1.165, 1.54) is 22.9 Å². The van der Waals surface area contributed by atoms with Crippen molar-refractivity contribution in [3.05, 3.63) is 35.5 Å². The number of nitrogens with zero attached hydrogens (tertiary/aromatic N) is 2. The Hall–Kier alpha value is -2.39. The highest BCUT2D eigenvalue weighted by atomic mass is 32.2. The minimum absolute atomic E-state index is 0.0660. The van der Waals surface area contributed by atoms with Crippen molar-refractivity contribution in [2.75, 3.05) is 18.5 Å². The summed E-state index contributed by atoms with van der Waals surface area (Å²) in [5.74, 6) is 2.10. The molecule has 1 fully saturated rings. The molecule has 1 aliphatic carbocycles. The lowest BCUT2D eigenvalue weighted by molar-refractivity contribution is -0.118. The summed E-state index contributed by atoms with van der Waals surface area (Å²) in [6.07, 6.45) is 3.88. The second-order valence-electron chi connectivity index (χ2n) is 7.13. The average molecular weight is 389 g/mol. The molecule has 0 spiro atoms. The van der Waals surface area contributed by atoms with E-state index in [0.29, 0.717) is 36.0 Å². The Morgan fingerprint density at radius 2 is 2.11 bits per heavy atom. The molecule has 1 aromatic carbocycles. The summed E-state index contributed by atoms with van der Waals surface area (Å²) >= 11 is 0. The summed E-state index contributed by atoms with van der Waals surface area (Å²) in [5, 5.41) is 2.65. The van der Waals surface area contributed by atoms with Gasteiger partial charge in [-0.05, 0) is 31.0 Å². The minimum atomic E-state index is -3.71. The Bertz CT molecular complexity index is 1030. The molecule has 0 unspecified atom stereocenters. The van der Waals surface area contributed by atoms with Crippen LogP contribution in [0.2, 0.25) is 0 Å². The van der Waals surface area contributed by atoms with Gasteiger partial charge >= 0.3 is 0 Å². The third kappa shape index (κ3) is 2.81. The van der Waals surface area contributed by atoms with Crippen LogP contribution < -0.4 is 10.1 Å². The highest BCUT2D eigenvalue weighted by Gasteiger charge is 2.34. The molecule has 1 amide bonds. The molecule has 9 heteroatoms. The Labute approximate surface area is 156 Å². The van der Waals surface area contributed by atoms with E-state index in [1.807, 2.05) is 0 Å². The summed E-state index contributed by atoms with van der Waals surface area (Å²) in [4.78, 5) is 16.2. The van der Waals surface area contributed by atoms with E-state index in [4.69, 9.17) is 9.15 Å². The van der Waals surface area contributed by atoms with Crippen molar-refractivity contribution in [3.8, 4) is 5.75 Å². The number of aromatic nitrogens is 1. The molecule has 0 saturated heterocycles. The standard InChI is InChI=1S/C18H19N3O5S/c22-17-10-25-15-5-4-12(8-13(15)19-17)27(23,24)21-7-6-16-14(9-21)20-18(26-16)11-2-1-3-11/h4-5,8,11H,1-3,6-7,9-10H2,(H,19,22). The number of oxazole rings is 1. The topological polar surface area (TPSA) is 102 Å². The first-order valence-electron chi connectivity index (χ1n) is 9.06. The van der Waals surface area contributed by atoms with E-state index in [-0.39, 0.29) is 24.0 Å². The maximum atomic E-state index is 13.1. The molecule has 8 nitrogen and oxygen atoms in total. The number of rotatable bonds is 3. The number of benzene rings is 1. The van der Waals surface area contributed by atoms with Crippen molar-refractivity contribution in [3.63, 3.8) is 0 Å². The van der Waals surface area contributed by atoms with Gasteiger partial charge in [-0.15, -0.1) is 0 Å². The Morgan fingerprint density at radius 3 is 2.89 bits per heavy atom. The Morgan fingerprint density at radius 1 is 1.26 bits per heavy atom. The molecule has 3 heterocycles. The van der Waals surface area contributed by atoms with Crippen LogP contribution in [0.1, 0.15) is 42.5 Å². The number of fused-ring (bicyclic) bond motifs is 2. The molecular weight excluding hydrogens is 370 g/mol. The number of hydrogen-bond acceptors (Lipinski definition) is 6. The molecular formula is C18H19N3O5S. The summed E-state index contributed by atoms with van der Waals surface area (Å²) in [6.45, 7) is 0.478. The number of carbonyl (C=O) groups excluding carboxylic acids is 1.